The van der Waals surface area contributed by atoms with E-state index >= 15 is 4.79 Å². The summed E-state index contributed by atoms with van der Waals surface area (Å²) in [7, 11) is 0. The van der Waals surface area contributed by atoms with Gasteiger partial charge in [0.1, 0.15) is 140 Å². The third-order valence-corrected chi connectivity index (χ3v) is 21.3. The monoisotopic (exact) mass is 1290 g/mol. The molecule has 33 nitrogen and oxygen atoms in total. The maximum absolute atomic E-state index is 15.4. The van der Waals surface area contributed by atoms with Crippen LogP contribution in [0.5, 0.6) is 0 Å². The first-order chi connectivity index (χ1) is 42.1. The summed E-state index contributed by atoms with van der Waals surface area (Å²) in [6.07, 6.45) is -51.9. The van der Waals surface area contributed by atoms with Gasteiger partial charge in [-0.25, -0.2) is 0 Å². The normalized spacial score (nSPS) is 54.5. The standard InChI is InChI=1S/C56H90O33/c1-19-11-55-9-5-26-53(2,7-4-8-54(26,3)52(77)88-50-44(86-48-40(75)36(71)30(65)22(14-59)80-48)42(32(67)24(16-61)82-50)84-46-38(73)34(69)28(63)20(12-57)78-46)27(55)6-10-56(19,18-55)89-51-45(87-49-41(76)37(72)31(66)23(15-60)81-49)43(33(68)25(17-62)83-51)85-47-39(74)35(70)29(64)21(13-58)79-47/h20-51,57-76H,1,4-18H2,2-3H3/t20-,21-,22-,23-,24-,25-,26+,27+,28-,29-,30-,31-,32-,33-,34+,35+,36+,37+,38-,39-,40-,41-,42+,43+,44-,45-,46+,47+,48+,49+,50+,51+,53-,54-,55-,56+/m1/s1. The van der Waals surface area contributed by atoms with E-state index in [1.807, 2.05) is 0 Å². The molecule has 6 heterocycles. The van der Waals surface area contributed by atoms with Crippen LogP contribution in [-0.2, 0) is 61.6 Å². The molecule has 0 aromatic heterocycles. The van der Waals surface area contributed by atoms with Gasteiger partial charge in [-0.15, -0.1) is 0 Å². The van der Waals surface area contributed by atoms with E-state index in [-0.39, 0.29) is 25.2 Å². The van der Waals surface area contributed by atoms with Crippen molar-refractivity contribution in [3.8, 4) is 0 Å². The van der Waals surface area contributed by atoms with Crippen molar-refractivity contribution in [2.45, 2.75) is 261 Å². The summed E-state index contributed by atoms with van der Waals surface area (Å²) in [6.45, 7) is 3.03. The molecule has 20 N–H and O–H groups in total. The van der Waals surface area contributed by atoms with Gasteiger partial charge in [-0.05, 0) is 86.5 Å². The summed E-state index contributed by atoms with van der Waals surface area (Å²) in [5, 5.41) is 215. The lowest BCUT2D eigenvalue weighted by atomic mass is 9.41. The molecule has 36 atom stereocenters. The Morgan fingerprint density at radius 3 is 1.18 bits per heavy atom. The zero-order valence-corrected chi connectivity index (χ0v) is 49.0. The molecule has 0 aromatic rings. The van der Waals surface area contributed by atoms with Crippen LogP contribution in [0.25, 0.3) is 0 Å². The molecule has 10 rings (SSSR count). The Hall–Kier alpha value is -2.03. The Labute approximate surface area is 509 Å². The summed E-state index contributed by atoms with van der Waals surface area (Å²) in [5.74, 6) is -1.44. The number of carbonyl (C=O) groups excluding carboxylic acids is 1. The number of hydrogen-bond acceptors (Lipinski definition) is 33. The van der Waals surface area contributed by atoms with E-state index in [4.69, 9.17) is 56.8 Å². The molecule has 4 aliphatic carbocycles. The van der Waals surface area contributed by atoms with Gasteiger partial charge in [-0.3, -0.25) is 4.79 Å². The molecule has 0 aromatic carbocycles. The van der Waals surface area contributed by atoms with Gasteiger partial charge in [0.2, 0.25) is 6.29 Å². The number of esters is 1. The fourth-order valence-electron chi connectivity index (χ4n) is 16.4. The number of aliphatic hydroxyl groups is 20. The van der Waals surface area contributed by atoms with Crippen LogP contribution in [0.2, 0.25) is 0 Å². The molecule has 10 fully saturated rings. The molecule has 0 radical (unpaired) electrons. The summed E-state index contributed by atoms with van der Waals surface area (Å²) < 4.78 is 72.9. The van der Waals surface area contributed by atoms with Crippen molar-refractivity contribution in [1.29, 1.82) is 0 Å². The molecule has 4 saturated carbocycles. The smallest absolute Gasteiger partial charge is 0.314 e. The largest absolute Gasteiger partial charge is 0.432 e. The zero-order valence-electron chi connectivity index (χ0n) is 49.0. The lowest BCUT2D eigenvalue weighted by molar-refractivity contribution is -0.400. The Kier molecular flexibility index (Phi) is 21.4. The molecule has 6 saturated heterocycles. The van der Waals surface area contributed by atoms with Gasteiger partial charge in [0.25, 0.3) is 0 Å². The fraction of sp³-hybridized carbons (Fsp3) is 0.946. The van der Waals surface area contributed by atoms with E-state index in [1.165, 1.54) is 0 Å². The van der Waals surface area contributed by atoms with Crippen LogP contribution in [0.15, 0.2) is 12.2 Å². The van der Waals surface area contributed by atoms with Crippen LogP contribution in [0.3, 0.4) is 0 Å². The van der Waals surface area contributed by atoms with Crippen molar-refractivity contribution in [1.82, 2.24) is 0 Å². The highest BCUT2D eigenvalue weighted by molar-refractivity contribution is 5.77. The SMILES string of the molecule is C=C1C[C@@]23CC[C@H]4[C@@](C)(CCC[C@@]4(C)C(=O)O[C@@H]4O[C@H](CO)[C@@H](O)[C@H](O[C@@H]5O[C@H](CO)[C@@H](O)[C@H](O)[C@H]5O)[C@H]4O[C@@H]4O[C@H](CO)[C@@H](O)[C@H](O)[C@H]4O)[C@@H]2CC[C@]1(O[C@@H]1O[C@H](CO)[C@@H](O)[C@H](O[C@@H]2O[C@H](CO)[C@@H](O)[C@H](O)[C@H]2O)[C@H]1O[C@@H]1O[C@H](CO)[C@@H](O)[C@H](O)[C@H]1O)C3. The van der Waals surface area contributed by atoms with Crippen LogP contribution in [0.1, 0.15) is 71.6 Å². The Bertz CT molecular complexity index is 2390. The predicted octanol–water partition coefficient (Wildman–Crippen LogP) is -9.47. The second-order valence-electron chi connectivity index (χ2n) is 26.4. The number of hydrogen-bond donors (Lipinski definition) is 20. The molecule has 33 heteroatoms. The van der Waals surface area contributed by atoms with Gasteiger partial charge in [0, 0.05) is 0 Å². The maximum Gasteiger partial charge on any atom is 0.314 e. The molecule has 89 heavy (non-hydrogen) atoms. The van der Waals surface area contributed by atoms with Crippen LogP contribution in [-0.4, -0.2) is 338 Å². The highest BCUT2D eigenvalue weighted by Gasteiger charge is 2.70. The van der Waals surface area contributed by atoms with Crippen LogP contribution < -0.4 is 0 Å². The average Bonchev–Trinajstić information content (AvgIpc) is 1.62. The van der Waals surface area contributed by atoms with Gasteiger partial charge in [0.15, 0.2) is 37.6 Å². The zero-order chi connectivity index (χ0) is 64.7. The van der Waals surface area contributed by atoms with Gasteiger partial charge >= 0.3 is 5.97 Å². The van der Waals surface area contributed by atoms with Crippen molar-refractivity contribution >= 4 is 5.97 Å². The molecule has 512 valence electrons. The van der Waals surface area contributed by atoms with Crippen LogP contribution in [0.4, 0.5) is 0 Å². The second kappa shape index (κ2) is 27.2. The van der Waals surface area contributed by atoms with Crippen molar-refractivity contribution in [3.05, 3.63) is 12.2 Å². The number of carbonyl (C=O) groups is 1. The van der Waals surface area contributed by atoms with Crippen molar-refractivity contribution in [2.75, 3.05) is 39.6 Å². The molecule has 2 bridgehead atoms. The van der Waals surface area contributed by atoms with E-state index in [2.05, 4.69) is 13.5 Å². The minimum Gasteiger partial charge on any atom is -0.432 e. The topological polar surface area (TPSA) is 532 Å². The van der Waals surface area contributed by atoms with Gasteiger partial charge in [-0.2, -0.15) is 0 Å². The molecular formula is C56H90O33. The quantitative estimate of drug-likeness (QED) is 0.0344. The third-order valence-electron chi connectivity index (χ3n) is 21.3. The minimum absolute atomic E-state index is 0.154. The van der Waals surface area contributed by atoms with Crippen molar-refractivity contribution in [2.24, 2.45) is 28.1 Å². The second-order valence-corrected chi connectivity index (χ2v) is 26.4. The Morgan fingerprint density at radius 1 is 0.427 bits per heavy atom. The average molecular weight is 1290 g/mol. The first-order valence-corrected chi connectivity index (χ1v) is 30.4. The summed E-state index contributed by atoms with van der Waals surface area (Å²) in [6, 6.07) is 0. The Balaban J connectivity index is 0.921. The predicted molar refractivity (Wildman–Crippen MR) is 284 cm³/mol. The number of aliphatic hydroxyl groups excluding tert-OH is 20. The molecule has 6 aliphatic heterocycles. The summed E-state index contributed by atoms with van der Waals surface area (Å²) in [5.41, 5.74) is -3.24. The van der Waals surface area contributed by atoms with E-state index in [1.54, 1.807) is 6.92 Å². The van der Waals surface area contributed by atoms with Gasteiger partial charge < -0.3 is 159 Å². The molecule has 10 aliphatic rings. The molecule has 0 amide bonds. The number of ether oxygens (including phenoxy) is 12. The number of fused-ring (bicyclic) bond motifs is 3. The molecular weight excluding hydrogens is 1200 g/mol. The van der Waals surface area contributed by atoms with E-state index in [9.17, 15) is 102 Å². The van der Waals surface area contributed by atoms with Gasteiger partial charge in [-0.1, -0.05) is 19.9 Å². The van der Waals surface area contributed by atoms with Crippen molar-refractivity contribution < 1.29 is 164 Å². The van der Waals surface area contributed by atoms with E-state index < -0.39 is 258 Å². The fourth-order valence-corrected chi connectivity index (χ4v) is 16.4. The first-order valence-electron chi connectivity index (χ1n) is 30.4. The molecule has 1 spiro atoms. The van der Waals surface area contributed by atoms with Crippen molar-refractivity contribution in [3.63, 3.8) is 0 Å². The van der Waals surface area contributed by atoms with Gasteiger partial charge in [0.05, 0.1) is 50.7 Å². The third kappa shape index (κ3) is 12.3. The lowest BCUT2D eigenvalue weighted by Gasteiger charge is -2.64. The first kappa shape index (κ1) is 69.8. The highest BCUT2D eigenvalue weighted by atomic mass is 16.8. The van der Waals surface area contributed by atoms with Crippen LogP contribution in [0, 0.1) is 28.1 Å². The van der Waals surface area contributed by atoms with E-state index in [0.29, 0.717) is 44.1 Å². The summed E-state index contributed by atoms with van der Waals surface area (Å²) in [4.78, 5) is 15.4. The highest BCUT2D eigenvalue weighted by Crippen LogP contribution is 2.74. The maximum atomic E-state index is 15.4. The summed E-state index contributed by atoms with van der Waals surface area (Å²) >= 11 is 0. The molecule has 0 unspecified atom stereocenters. The van der Waals surface area contributed by atoms with Crippen LogP contribution >= 0.6 is 0 Å². The van der Waals surface area contributed by atoms with E-state index in [0.717, 1.165) is 0 Å². The Morgan fingerprint density at radius 2 is 0.775 bits per heavy atom. The lowest BCUT2D eigenvalue weighted by Crippen LogP contribution is -2.68. The number of rotatable bonds is 18. The minimum atomic E-state index is -2.08.